The topological polar surface area (TPSA) is 99.4 Å². The molecule has 162 valence electrons. The number of methoxy groups -OCH3 is 3. The van der Waals surface area contributed by atoms with E-state index in [2.05, 4.69) is 5.32 Å². The summed E-state index contributed by atoms with van der Waals surface area (Å²) in [5, 5.41) is 13.9. The summed E-state index contributed by atoms with van der Waals surface area (Å²) in [6.45, 7) is 3.26. The Morgan fingerprint density at radius 3 is 2.40 bits per heavy atom. The number of ether oxygens (including phenoxy) is 4. The summed E-state index contributed by atoms with van der Waals surface area (Å²) >= 11 is 0. The predicted octanol–water partition coefficient (Wildman–Crippen LogP) is 2.71. The lowest BCUT2D eigenvalue weighted by molar-refractivity contribution is 0.107. The minimum absolute atomic E-state index is 0.0163. The molecule has 8 nitrogen and oxygen atoms in total. The molecular formula is C22H27NO7. The first kappa shape index (κ1) is 21.7. The molecule has 0 aliphatic rings. The van der Waals surface area contributed by atoms with Crippen molar-refractivity contribution >= 4 is 21.9 Å². The lowest BCUT2D eigenvalue weighted by Crippen LogP contribution is -2.31. The molecule has 0 radical (unpaired) electrons. The third kappa shape index (κ3) is 4.44. The molecule has 8 heteroatoms. The van der Waals surface area contributed by atoms with E-state index in [1.54, 1.807) is 24.3 Å². The van der Waals surface area contributed by atoms with Gasteiger partial charge < -0.3 is 33.8 Å². The number of aliphatic hydroxyl groups is 1. The number of hydrogen-bond donors (Lipinski definition) is 2. The van der Waals surface area contributed by atoms with Crippen molar-refractivity contribution in [1.29, 1.82) is 0 Å². The average molecular weight is 417 g/mol. The number of aliphatic hydroxyl groups excluding tert-OH is 1. The molecule has 0 saturated carbocycles. The molecule has 0 aliphatic carbocycles. The molecule has 3 rings (SSSR count). The molecule has 0 aliphatic heterocycles. The summed E-state index contributed by atoms with van der Waals surface area (Å²) in [5.41, 5.74) is 0.393. The van der Waals surface area contributed by atoms with Crippen molar-refractivity contribution in [2.24, 2.45) is 0 Å². The number of benzene rings is 2. The Hall–Kier alpha value is -2.97. The molecule has 0 saturated heterocycles. The van der Waals surface area contributed by atoms with Crippen LogP contribution in [0.5, 0.6) is 23.0 Å². The first-order valence-electron chi connectivity index (χ1n) is 9.74. The van der Waals surface area contributed by atoms with Crippen LogP contribution in [0.2, 0.25) is 0 Å². The molecule has 3 aromatic rings. The molecule has 0 bridgehead atoms. The van der Waals surface area contributed by atoms with Gasteiger partial charge in [-0.05, 0) is 19.0 Å². The summed E-state index contributed by atoms with van der Waals surface area (Å²) < 4.78 is 27.7. The Kier molecular flexibility index (Phi) is 7.02. The number of fused-ring (bicyclic) bond motifs is 2. The molecule has 1 atom stereocenters. The van der Waals surface area contributed by atoms with E-state index in [1.165, 1.54) is 21.3 Å². The fraction of sp³-hybridized carbons (Fsp3) is 0.409. The quantitative estimate of drug-likeness (QED) is 0.384. The van der Waals surface area contributed by atoms with Crippen LogP contribution in [0, 0.1) is 0 Å². The molecule has 0 amide bonds. The standard InChI is InChI=1S/C22H27NO7/c1-5-6-23-11-13(24)12-29-19-7-14(26-2)8-20-21(19)22(25)15-9-17(27-3)18(28-4)10-16(15)30-20/h7-10,13,23-24H,5-6,11-12H2,1-4H3. The SMILES string of the molecule is CCCNCC(O)COc1cc(OC)cc2oc3cc(OC)c(OC)cc3c(=O)c12. The first-order valence-corrected chi connectivity index (χ1v) is 9.74. The van der Waals surface area contributed by atoms with Crippen molar-refractivity contribution in [3.63, 3.8) is 0 Å². The highest BCUT2D eigenvalue weighted by Gasteiger charge is 2.18. The van der Waals surface area contributed by atoms with Crippen LogP contribution in [0.4, 0.5) is 0 Å². The minimum Gasteiger partial charge on any atom is -0.496 e. The smallest absolute Gasteiger partial charge is 0.204 e. The van der Waals surface area contributed by atoms with Crippen LogP contribution in [0.25, 0.3) is 21.9 Å². The first-order chi connectivity index (χ1) is 14.5. The van der Waals surface area contributed by atoms with E-state index in [1.807, 2.05) is 6.92 Å². The van der Waals surface area contributed by atoms with Gasteiger partial charge in [-0.1, -0.05) is 6.92 Å². The lowest BCUT2D eigenvalue weighted by Gasteiger charge is -2.15. The maximum absolute atomic E-state index is 13.3. The van der Waals surface area contributed by atoms with Crippen LogP contribution in [0.3, 0.4) is 0 Å². The molecule has 2 N–H and O–H groups in total. The summed E-state index contributed by atoms with van der Waals surface area (Å²) in [7, 11) is 4.53. The summed E-state index contributed by atoms with van der Waals surface area (Å²) in [6, 6.07) is 6.42. The van der Waals surface area contributed by atoms with Crippen molar-refractivity contribution in [3.8, 4) is 23.0 Å². The highest BCUT2D eigenvalue weighted by Crippen LogP contribution is 2.35. The second-order valence-corrected chi connectivity index (χ2v) is 6.80. The van der Waals surface area contributed by atoms with Crippen LogP contribution >= 0.6 is 0 Å². The highest BCUT2D eigenvalue weighted by molar-refractivity contribution is 5.95. The Labute approximate surface area is 174 Å². The zero-order valence-corrected chi connectivity index (χ0v) is 17.6. The van der Waals surface area contributed by atoms with E-state index >= 15 is 0 Å². The molecule has 0 spiro atoms. The van der Waals surface area contributed by atoms with Crippen LogP contribution < -0.4 is 29.7 Å². The zero-order valence-electron chi connectivity index (χ0n) is 17.6. The van der Waals surface area contributed by atoms with Gasteiger partial charge in [-0.15, -0.1) is 0 Å². The van der Waals surface area contributed by atoms with Gasteiger partial charge >= 0.3 is 0 Å². The second-order valence-electron chi connectivity index (χ2n) is 6.80. The summed E-state index contributed by atoms with van der Waals surface area (Å²) in [5.74, 6) is 1.63. The van der Waals surface area contributed by atoms with E-state index in [0.717, 1.165) is 13.0 Å². The van der Waals surface area contributed by atoms with Crippen molar-refractivity contribution in [1.82, 2.24) is 5.32 Å². The van der Waals surface area contributed by atoms with Crippen molar-refractivity contribution in [2.45, 2.75) is 19.4 Å². The minimum atomic E-state index is -0.727. The molecule has 1 aromatic heterocycles. The van der Waals surface area contributed by atoms with Gasteiger partial charge in [0.15, 0.2) is 11.5 Å². The number of rotatable bonds is 10. The molecule has 2 aromatic carbocycles. The Bertz CT molecular complexity index is 1080. The Morgan fingerprint density at radius 1 is 1.00 bits per heavy atom. The van der Waals surface area contributed by atoms with Crippen LogP contribution in [0.1, 0.15) is 13.3 Å². The summed E-state index contributed by atoms with van der Waals surface area (Å²) in [4.78, 5) is 13.3. The van der Waals surface area contributed by atoms with E-state index in [4.69, 9.17) is 23.4 Å². The molecular weight excluding hydrogens is 390 g/mol. The monoisotopic (exact) mass is 417 g/mol. The largest absolute Gasteiger partial charge is 0.496 e. The molecule has 0 fully saturated rings. The third-order valence-corrected chi connectivity index (χ3v) is 4.69. The van der Waals surface area contributed by atoms with E-state index < -0.39 is 6.10 Å². The van der Waals surface area contributed by atoms with Gasteiger partial charge in [0.1, 0.15) is 40.8 Å². The number of hydrogen-bond acceptors (Lipinski definition) is 8. The Morgan fingerprint density at radius 2 is 1.73 bits per heavy atom. The van der Waals surface area contributed by atoms with Crippen LogP contribution in [-0.2, 0) is 0 Å². The second kappa shape index (κ2) is 9.69. The van der Waals surface area contributed by atoms with Crippen molar-refractivity contribution in [3.05, 3.63) is 34.5 Å². The molecule has 30 heavy (non-hydrogen) atoms. The van der Waals surface area contributed by atoms with Gasteiger partial charge in [-0.3, -0.25) is 4.79 Å². The highest BCUT2D eigenvalue weighted by atomic mass is 16.5. The molecule has 1 heterocycles. The lowest BCUT2D eigenvalue weighted by atomic mass is 10.1. The average Bonchev–Trinajstić information content (AvgIpc) is 2.76. The maximum Gasteiger partial charge on any atom is 0.204 e. The predicted molar refractivity (Wildman–Crippen MR) is 114 cm³/mol. The third-order valence-electron chi connectivity index (χ3n) is 4.69. The normalized spacial score (nSPS) is 12.2. The van der Waals surface area contributed by atoms with Crippen molar-refractivity contribution in [2.75, 3.05) is 41.0 Å². The number of nitrogens with one attached hydrogen (secondary N) is 1. The maximum atomic E-state index is 13.3. The van der Waals surface area contributed by atoms with Gasteiger partial charge in [0.2, 0.25) is 5.43 Å². The fourth-order valence-corrected chi connectivity index (χ4v) is 3.17. The van der Waals surface area contributed by atoms with Gasteiger partial charge in [-0.2, -0.15) is 0 Å². The van der Waals surface area contributed by atoms with E-state index in [9.17, 15) is 9.90 Å². The fourth-order valence-electron chi connectivity index (χ4n) is 3.17. The Balaban J connectivity index is 2.07. The van der Waals surface area contributed by atoms with Gasteiger partial charge in [0.05, 0.1) is 26.7 Å². The zero-order chi connectivity index (χ0) is 21.7. The van der Waals surface area contributed by atoms with Crippen LogP contribution in [-0.4, -0.2) is 52.2 Å². The van der Waals surface area contributed by atoms with Gasteiger partial charge in [0.25, 0.3) is 0 Å². The van der Waals surface area contributed by atoms with Crippen molar-refractivity contribution < 1.29 is 28.5 Å². The van der Waals surface area contributed by atoms with E-state index in [-0.39, 0.29) is 23.2 Å². The molecule has 1 unspecified atom stereocenters. The summed E-state index contributed by atoms with van der Waals surface area (Å²) in [6.07, 6.45) is 0.242. The van der Waals surface area contributed by atoms with Crippen LogP contribution in [0.15, 0.2) is 33.5 Å². The van der Waals surface area contributed by atoms with Gasteiger partial charge in [-0.25, -0.2) is 0 Å². The van der Waals surface area contributed by atoms with E-state index in [0.29, 0.717) is 40.3 Å². The van der Waals surface area contributed by atoms with Gasteiger partial charge in [0, 0.05) is 24.7 Å².